The largest absolute Gasteiger partial charge is 0.198 e. The van der Waals surface area contributed by atoms with E-state index in [4.69, 9.17) is 5.26 Å². The molecule has 0 bridgehead atoms. The molecule has 0 radical (unpaired) electrons. The summed E-state index contributed by atoms with van der Waals surface area (Å²) in [6.45, 7) is 4.51. The third kappa shape index (κ3) is 2.72. The summed E-state index contributed by atoms with van der Waals surface area (Å²) < 4.78 is 0. The zero-order chi connectivity index (χ0) is 9.68. The van der Waals surface area contributed by atoms with Gasteiger partial charge in [-0.05, 0) is 24.7 Å². The molecular weight excluding hydrogens is 158 g/mol. The lowest BCUT2D eigenvalue weighted by molar-refractivity contribution is 0.346. The molecule has 0 saturated heterocycles. The normalized spacial score (nSPS) is 33.2. The van der Waals surface area contributed by atoms with Gasteiger partial charge in [0.1, 0.15) is 0 Å². The van der Waals surface area contributed by atoms with E-state index in [9.17, 15) is 0 Å². The van der Waals surface area contributed by atoms with Crippen LogP contribution in [0.25, 0.3) is 0 Å². The summed E-state index contributed by atoms with van der Waals surface area (Å²) in [5, 5.41) is 8.87. The van der Waals surface area contributed by atoms with Gasteiger partial charge in [0.15, 0.2) is 0 Å². The summed E-state index contributed by atoms with van der Waals surface area (Å²) in [6, 6.07) is 2.43. The van der Waals surface area contributed by atoms with Crippen LogP contribution in [-0.4, -0.2) is 0 Å². The van der Waals surface area contributed by atoms with Gasteiger partial charge in [-0.3, -0.25) is 0 Å². The van der Waals surface area contributed by atoms with Crippen molar-refractivity contribution >= 4 is 0 Å². The molecule has 0 aromatic carbocycles. The van der Waals surface area contributed by atoms with Gasteiger partial charge >= 0.3 is 0 Å². The Morgan fingerprint density at radius 1 is 1.23 bits per heavy atom. The molecule has 1 aliphatic rings. The first-order valence-electron chi connectivity index (χ1n) is 5.71. The van der Waals surface area contributed by atoms with Crippen LogP contribution < -0.4 is 0 Å². The number of nitriles is 1. The highest BCUT2D eigenvalue weighted by atomic mass is 14.4. The van der Waals surface area contributed by atoms with Gasteiger partial charge in [0, 0.05) is 5.92 Å². The molecule has 0 spiro atoms. The van der Waals surface area contributed by atoms with Crippen molar-refractivity contribution in [2.24, 2.45) is 17.8 Å². The van der Waals surface area contributed by atoms with Gasteiger partial charge in [-0.2, -0.15) is 5.26 Å². The predicted octanol–water partition coefficient (Wildman–Crippen LogP) is 3.75. The molecule has 1 rings (SSSR count). The van der Waals surface area contributed by atoms with Crippen LogP contribution in [0.2, 0.25) is 0 Å². The Morgan fingerprint density at radius 3 is 2.46 bits per heavy atom. The molecular formula is C12H21N. The van der Waals surface area contributed by atoms with Crippen LogP contribution >= 0.6 is 0 Å². The summed E-state index contributed by atoms with van der Waals surface area (Å²) >= 11 is 0. The topological polar surface area (TPSA) is 23.8 Å². The SMILES string of the molecule is CCCC[C@@H]1CC(C#N)C[C@@H]1CC. The van der Waals surface area contributed by atoms with E-state index in [2.05, 4.69) is 19.9 Å². The second-order valence-electron chi connectivity index (χ2n) is 4.37. The molecule has 1 nitrogen and oxygen atoms in total. The third-order valence-corrected chi connectivity index (χ3v) is 3.48. The lowest BCUT2D eigenvalue weighted by Gasteiger charge is -2.16. The maximum Gasteiger partial charge on any atom is 0.0655 e. The maximum absolute atomic E-state index is 8.87. The molecule has 0 heterocycles. The van der Waals surface area contributed by atoms with Gasteiger partial charge in [0.2, 0.25) is 0 Å². The lowest BCUT2D eigenvalue weighted by Crippen LogP contribution is -2.06. The Bertz CT molecular complexity index is 180. The van der Waals surface area contributed by atoms with E-state index >= 15 is 0 Å². The fraction of sp³-hybridized carbons (Fsp3) is 0.917. The first kappa shape index (κ1) is 10.6. The molecule has 3 atom stereocenters. The van der Waals surface area contributed by atoms with Crippen molar-refractivity contribution in [2.45, 2.75) is 52.4 Å². The van der Waals surface area contributed by atoms with Crippen molar-refractivity contribution in [3.8, 4) is 6.07 Å². The van der Waals surface area contributed by atoms with Crippen LogP contribution in [0.15, 0.2) is 0 Å². The van der Waals surface area contributed by atoms with Crippen molar-refractivity contribution < 1.29 is 0 Å². The molecule has 0 aromatic rings. The summed E-state index contributed by atoms with van der Waals surface area (Å²) in [5.74, 6) is 2.07. The maximum atomic E-state index is 8.87. The third-order valence-electron chi connectivity index (χ3n) is 3.48. The minimum absolute atomic E-state index is 0.367. The molecule has 0 aliphatic heterocycles. The zero-order valence-corrected chi connectivity index (χ0v) is 8.92. The number of hydrogen-bond acceptors (Lipinski definition) is 1. The van der Waals surface area contributed by atoms with Crippen LogP contribution in [0.3, 0.4) is 0 Å². The highest BCUT2D eigenvalue weighted by Crippen LogP contribution is 2.40. The number of unbranched alkanes of at least 4 members (excludes halogenated alkanes) is 1. The van der Waals surface area contributed by atoms with E-state index in [0.29, 0.717) is 5.92 Å². The molecule has 0 amide bonds. The van der Waals surface area contributed by atoms with Crippen LogP contribution in [-0.2, 0) is 0 Å². The summed E-state index contributed by atoms with van der Waals surface area (Å²) in [5.41, 5.74) is 0. The molecule has 1 aliphatic carbocycles. The molecule has 74 valence electrons. The first-order chi connectivity index (χ1) is 6.31. The van der Waals surface area contributed by atoms with Gasteiger partial charge < -0.3 is 0 Å². The van der Waals surface area contributed by atoms with Gasteiger partial charge in [-0.25, -0.2) is 0 Å². The minimum Gasteiger partial charge on any atom is -0.198 e. The Kier molecular flexibility index (Phi) is 4.28. The molecule has 0 N–H and O–H groups in total. The number of rotatable bonds is 4. The van der Waals surface area contributed by atoms with E-state index in [1.165, 1.54) is 38.5 Å². The Morgan fingerprint density at radius 2 is 1.92 bits per heavy atom. The Labute approximate surface area is 82.1 Å². The van der Waals surface area contributed by atoms with Crippen LogP contribution in [0, 0.1) is 29.1 Å². The quantitative estimate of drug-likeness (QED) is 0.644. The highest BCUT2D eigenvalue weighted by molar-refractivity contribution is 4.93. The van der Waals surface area contributed by atoms with Crippen molar-refractivity contribution in [1.29, 1.82) is 5.26 Å². The molecule has 1 fully saturated rings. The highest BCUT2D eigenvalue weighted by Gasteiger charge is 2.32. The molecule has 0 aromatic heterocycles. The molecule has 13 heavy (non-hydrogen) atoms. The van der Waals surface area contributed by atoms with Crippen LogP contribution in [0.1, 0.15) is 52.4 Å². The van der Waals surface area contributed by atoms with Crippen molar-refractivity contribution in [1.82, 2.24) is 0 Å². The van der Waals surface area contributed by atoms with Gasteiger partial charge in [-0.1, -0.05) is 39.5 Å². The predicted molar refractivity (Wildman–Crippen MR) is 55.1 cm³/mol. The van der Waals surface area contributed by atoms with Crippen molar-refractivity contribution in [3.63, 3.8) is 0 Å². The van der Waals surface area contributed by atoms with E-state index in [0.717, 1.165) is 11.8 Å². The van der Waals surface area contributed by atoms with E-state index < -0.39 is 0 Å². The monoisotopic (exact) mass is 179 g/mol. The van der Waals surface area contributed by atoms with Crippen LogP contribution in [0.4, 0.5) is 0 Å². The van der Waals surface area contributed by atoms with Gasteiger partial charge in [-0.15, -0.1) is 0 Å². The Hall–Kier alpha value is -0.510. The standard InChI is InChI=1S/C12H21N/c1-3-5-6-12-8-10(9-13)7-11(12)4-2/h10-12H,3-8H2,1-2H3/t10?,11-,12+/m0/s1. The number of nitrogens with zero attached hydrogens (tertiary/aromatic N) is 1. The lowest BCUT2D eigenvalue weighted by atomic mass is 9.89. The van der Waals surface area contributed by atoms with E-state index in [1.807, 2.05) is 0 Å². The van der Waals surface area contributed by atoms with Gasteiger partial charge in [0.05, 0.1) is 6.07 Å². The smallest absolute Gasteiger partial charge is 0.0655 e. The second kappa shape index (κ2) is 5.27. The van der Waals surface area contributed by atoms with E-state index in [-0.39, 0.29) is 0 Å². The average molecular weight is 179 g/mol. The molecule has 1 unspecified atom stereocenters. The second-order valence-corrected chi connectivity index (χ2v) is 4.37. The van der Waals surface area contributed by atoms with Crippen molar-refractivity contribution in [3.05, 3.63) is 0 Å². The first-order valence-corrected chi connectivity index (χ1v) is 5.71. The van der Waals surface area contributed by atoms with Gasteiger partial charge in [0.25, 0.3) is 0 Å². The summed E-state index contributed by atoms with van der Waals surface area (Å²) in [7, 11) is 0. The molecule has 1 heteroatoms. The van der Waals surface area contributed by atoms with Crippen LogP contribution in [0.5, 0.6) is 0 Å². The summed E-state index contributed by atoms with van der Waals surface area (Å²) in [6.07, 6.45) is 7.61. The fourth-order valence-corrected chi connectivity index (χ4v) is 2.64. The fourth-order valence-electron chi connectivity index (χ4n) is 2.64. The number of hydrogen-bond donors (Lipinski definition) is 0. The van der Waals surface area contributed by atoms with Crippen molar-refractivity contribution in [2.75, 3.05) is 0 Å². The average Bonchev–Trinajstić information content (AvgIpc) is 2.57. The minimum atomic E-state index is 0.367. The summed E-state index contributed by atoms with van der Waals surface area (Å²) in [4.78, 5) is 0. The van der Waals surface area contributed by atoms with E-state index in [1.54, 1.807) is 0 Å². The Balaban J connectivity index is 2.39. The molecule has 1 saturated carbocycles. The zero-order valence-electron chi connectivity index (χ0n) is 8.92.